The SMILES string of the molecule is CC(=O)Nc1ccc(NS(=O)(=O)c2ccc3c(c2)oc(=O)c2cc(S(=O)(=O)Nc4ccc(NC(C)=O)cc4)ccc23)cc1. The molecule has 4 N–H and O–H groups in total. The average Bonchev–Trinajstić information content (AvgIpc) is 2.94. The Morgan fingerprint density at radius 1 is 0.558 bits per heavy atom. The van der Waals surface area contributed by atoms with Crippen LogP contribution in [0.3, 0.4) is 0 Å². The smallest absolute Gasteiger partial charge is 0.344 e. The van der Waals surface area contributed by atoms with Gasteiger partial charge in [0, 0.05) is 53.4 Å². The average molecular weight is 621 g/mol. The van der Waals surface area contributed by atoms with Crippen molar-refractivity contribution in [3.8, 4) is 0 Å². The van der Waals surface area contributed by atoms with Gasteiger partial charge in [-0.2, -0.15) is 0 Å². The summed E-state index contributed by atoms with van der Waals surface area (Å²) < 4.78 is 62.4. The Morgan fingerprint density at radius 3 is 1.44 bits per heavy atom. The molecule has 0 radical (unpaired) electrons. The highest BCUT2D eigenvalue weighted by molar-refractivity contribution is 7.93. The largest absolute Gasteiger partial charge is 0.422 e. The third-order valence-electron chi connectivity index (χ3n) is 6.19. The zero-order valence-electron chi connectivity index (χ0n) is 22.7. The van der Waals surface area contributed by atoms with E-state index < -0.39 is 25.7 Å². The van der Waals surface area contributed by atoms with Gasteiger partial charge in [-0.05, 0) is 72.8 Å². The van der Waals surface area contributed by atoms with Gasteiger partial charge in [-0.3, -0.25) is 19.0 Å². The van der Waals surface area contributed by atoms with Crippen LogP contribution in [-0.2, 0) is 29.6 Å². The molecule has 0 fully saturated rings. The molecule has 0 saturated heterocycles. The zero-order chi connectivity index (χ0) is 30.9. The number of rotatable bonds is 8. The summed E-state index contributed by atoms with van der Waals surface area (Å²) >= 11 is 0. The third-order valence-corrected chi connectivity index (χ3v) is 8.95. The van der Waals surface area contributed by atoms with Gasteiger partial charge in [-0.1, -0.05) is 6.07 Å². The molecule has 220 valence electrons. The normalized spacial score (nSPS) is 11.7. The Kier molecular flexibility index (Phi) is 7.65. The molecule has 14 heteroatoms. The van der Waals surface area contributed by atoms with Crippen molar-refractivity contribution in [3.05, 3.63) is 95.3 Å². The van der Waals surface area contributed by atoms with Crippen molar-refractivity contribution in [2.75, 3.05) is 20.1 Å². The molecule has 0 saturated carbocycles. The molecule has 5 aromatic rings. The van der Waals surface area contributed by atoms with Crippen molar-refractivity contribution in [3.63, 3.8) is 0 Å². The Balaban J connectivity index is 1.42. The van der Waals surface area contributed by atoms with E-state index in [0.29, 0.717) is 22.1 Å². The van der Waals surface area contributed by atoms with E-state index in [1.165, 1.54) is 86.6 Å². The van der Waals surface area contributed by atoms with Crippen LogP contribution in [0.4, 0.5) is 22.7 Å². The number of hydrogen-bond acceptors (Lipinski definition) is 8. The minimum Gasteiger partial charge on any atom is -0.422 e. The van der Waals surface area contributed by atoms with Gasteiger partial charge >= 0.3 is 5.63 Å². The number of amides is 2. The lowest BCUT2D eigenvalue weighted by molar-refractivity contribution is -0.115. The van der Waals surface area contributed by atoms with Crippen LogP contribution in [0.2, 0.25) is 0 Å². The molecule has 43 heavy (non-hydrogen) atoms. The van der Waals surface area contributed by atoms with Gasteiger partial charge in [0.15, 0.2) is 0 Å². The molecule has 0 spiro atoms. The lowest BCUT2D eigenvalue weighted by Crippen LogP contribution is -2.14. The summed E-state index contributed by atoms with van der Waals surface area (Å²) in [6.45, 7) is 2.71. The predicted molar refractivity (Wildman–Crippen MR) is 163 cm³/mol. The van der Waals surface area contributed by atoms with Crippen molar-refractivity contribution in [2.24, 2.45) is 0 Å². The lowest BCUT2D eigenvalue weighted by atomic mass is 10.1. The number of benzene rings is 4. The number of nitrogens with one attached hydrogen (secondary N) is 4. The van der Waals surface area contributed by atoms with E-state index in [2.05, 4.69) is 20.1 Å². The first-order valence-electron chi connectivity index (χ1n) is 12.6. The van der Waals surface area contributed by atoms with Gasteiger partial charge in [0.25, 0.3) is 20.0 Å². The molecule has 2 amide bonds. The Morgan fingerprint density at radius 2 is 0.977 bits per heavy atom. The van der Waals surface area contributed by atoms with Gasteiger partial charge in [-0.15, -0.1) is 0 Å². The van der Waals surface area contributed by atoms with Crippen LogP contribution in [0.15, 0.2) is 104 Å². The van der Waals surface area contributed by atoms with Crippen LogP contribution >= 0.6 is 0 Å². The van der Waals surface area contributed by atoms with Crippen molar-refractivity contribution in [1.29, 1.82) is 0 Å². The molecular formula is C29H24N4O8S2. The molecule has 0 aliphatic heterocycles. The Hall–Kier alpha value is -5.21. The summed E-state index contributed by atoms with van der Waals surface area (Å²) in [6, 6.07) is 20.1. The predicted octanol–water partition coefficient (Wildman–Crippen LogP) is 4.46. The van der Waals surface area contributed by atoms with Crippen LogP contribution in [0.25, 0.3) is 21.7 Å². The van der Waals surface area contributed by atoms with E-state index in [1.807, 2.05) is 0 Å². The fraction of sp³-hybridized carbons (Fsp3) is 0.0690. The highest BCUT2D eigenvalue weighted by Crippen LogP contribution is 2.29. The summed E-state index contributed by atoms with van der Waals surface area (Å²) in [7, 11) is -8.18. The number of carbonyl (C=O) groups excluding carboxylic acids is 2. The van der Waals surface area contributed by atoms with Crippen molar-refractivity contribution in [2.45, 2.75) is 23.6 Å². The van der Waals surface area contributed by atoms with E-state index in [0.717, 1.165) is 0 Å². The summed E-state index contributed by atoms with van der Waals surface area (Å²) in [5, 5.41) is 5.94. The number of hydrogen-bond donors (Lipinski definition) is 4. The van der Waals surface area contributed by atoms with Gasteiger partial charge in [0.2, 0.25) is 11.8 Å². The fourth-order valence-corrected chi connectivity index (χ4v) is 6.46. The molecule has 0 atom stereocenters. The van der Waals surface area contributed by atoms with Crippen LogP contribution in [0.5, 0.6) is 0 Å². The lowest BCUT2D eigenvalue weighted by Gasteiger charge is -2.11. The summed E-state index contributed by atoms with van der Waals surface area (Å²) in [5.41, 5.74) is 0.629. The number of fused-ring (bicyclic) bond motifs is 3. The first-order valence-corrected chi connectivity index (χ1v) is 15.6. The van der Waals surface area contributed by atoms with E-state index in [-0.39, 0.29) is 43.9 Å². The van der Waals surface area contributed by atoms with Gasteiger partial charge in [-0.25, -0.2) is 21.6 Å². The maximum Gasteiger partial charge on any atom is 0.344 e. The molecule has 12 nitrogen and oxygen atoms in total. The zero-order valence-corrected chi connectivity index (χ0v) is 24.3. The molecule has 0 aliphatic rings. The van der Waals surface area contributed by atoms with Crippen molar-refractivity contribution >= 4 is 76.4 Å². The van der Waals surface area contributed by atoms with E-state index in [1.54, 1.807) is 12.1 Å². The first kappa shape index (κ1) is 29.3. The Bertz CT molecular complexity index is 2180. The second-order valence-corrected chi connectivity index (χ2v) is 12.8. The topological polar surface area (TPSA) is 181 Å². The second-order valence-electron chi connectivity index (χ2n) is 9.48. The molecule has 1 aromatic heterocycles. The van der Waals surface area contributed by atoms with Gasteiger partial charge in [0.1, 0.15) is 5.58 Å². The molecule has 5 rings (SSSR count). The van der Waals surface area contributed by atoms with Crippen LogP contribution in [0.1, 0.15) is 13.8 Å². The minimum atomic E-state index is -4.10. The highest BCUT2D eigenvalue weighted by Gasteiger charge is 2.20. The van der Waals surface area contributed by atoms with E-state index in [4.69, 9.17) is 4.42 Å². The molecule has 1 heterocycles. The highest BCUT2D eigenvalue weighted by atomic mass is 32.2. The van der Waals surface area contributed by atoms with Gasteiger partial charge in [0.05, 0.1) is 15.2 Å². The second kappa shape index (κ2) is 11.2. The number of anilines is 4. The monoisotopic (exact) mass is 620 g/mol. The quantitative estimate of drug-likeness (QED) is 0.145. The maximum atomic E-state index is 13.0. The molecular weight excluding hydrogens is 596 g/mol. The number of carbonyl (C=O) groups is 2. The van der Waals surface area contributed by atoms with Crippen molar-refractivity contribution in [1.82, 2.24) is 0 Å². The molecule has 0 aliphatic carbocycles. The Labute approximate surface area is 245 Å². The third kappa shape index (κ3) is 6.50. The fourth-order valence-electron chi connectivity index (χ4n) is 4.30. The van der Waals surface area contributed by atoms with Crippen LogP contribution in [-0.4, -0.2) is 28.6 Å². The van der Waals surface area contributed by atoms with E-state index in [9.17, 15) is 31.2 Å². The summed E-state index contributed by atoms with van der Waals surface area (Å²) in [5.74, 6) is -0.531. The molecule has 4 aromatic carbocycles. The van der Waals surface area contributed by atoms with Crippen molar-refractivity contribution < 1.29 is 30.8 Å². The standard InChI is InChI=1S/C29H24N4O8S2/c1-17(34)30-19-3-7-21(8-4-19)32-42(37,38)23-11-13-25-26-14-12-24(16-28(26)41-29(36)27(25)15-23)43(39,40)33-22-9-5-20(6-10-22)31-18(2)35/h3-16,32-33H,1-2H3,(H,30,34)(H,31,35). The maximum absolute atomic E-state index is 13.0. The minimum absolute atomic E-state index is 0.00521. The number of sulfonamides is 2. The van der Waals surface area contributed by atoms with Crippen LogP contribution in [0, 0.1) is 0 Å². The summed E-state index contributed by atoms with van der Waals surface area (Å²) in [4.78, 5) is 34.9. The first-order chi connectivity index (χ1) is 20.3. The summed E-state index contributed by atoms with van der Waals surface area (Å²) in [6.07, 6.45) is 0. The van der Waals surface area contributed by atoms with Crippen LogP contribution < -0.4 is 25.7 Å². The van der Waals surface area contributed by atoms with E-state index >= 15 is 0 Å². The molecule has 0 unspecified atom stereocenters. The van der Waals surface area contributed by atoms with Gasteiger partial charge < -0.3 is 15.1 Å². The molecule has 0 bridgehead atoms.